The van der Waals surface area contributed by atoms with Crippen molar-refractivity contribution in [1.82, 2.24) is 0 Å². The quantitative estimate of drug-likeness (QED) is 0.821. The summed E-state index contributed by atoms with van der Waals surface area (Å²) >= 11 is 0. The standard InChI is InChI=1S/C13H17NO5S/c1-9-7-11-8-10(13(16)19-6-5-15)3-4-12(11)14(9)20(2,17)18/h3-4,8-9,15H,5-7H2,1-2H3/t9-/m1/s1. The molecule has 0 spiro atoms. The first-order valence-electron chi connectivity index (χ1n) is 6.25. The number of sulfonamides is 1. The average molecular weight is 299 g/mol. The lowest BCUT2D eigenvalue weighted by molar-refractivity contribution is 0.0433. The first kappa shape index (κ1) is 14.8. The van der Waals surface area contributed by atoms with Crippen molar-refractivity contribution in [2.45, 2.75) is 19.4 Å². The van der Waals surface area contributed by atoms with E-state index in [1.54, 1.807) is 12.1 Å². The molecule has 0 aliphatic carbocycles. The Kier molecular flexibility index (Phi) is 4.01. The Balaban J connectivity index is 2.31. The van der Waals surface area contributed by atoms with Gasteiger partial charge in [0.1, 0.15) is 6.61 Å². The number of hydrogen-bond donors (Lipinski definition) is 1. The van der Waals surface area contributed by atoms with Crippen LogP contribution in [-0.2, 0) is 21.2 Å². The van der Waals surface area contributed by atoms with Crippen LogP contribution in [0, 0.1) is 0 Å². The minimum absolute atomic E-state index is 0.0538. The van der Waals surface area contributed by atoms with Crippen molar-refractivity contribution in [3.63, 3.8) is 0 Å². The third-order valence-corrected chi connectivity index (χ3v) is 4.42. The molecule has 0 radical (unpaired) electrons. The summed E-state index contributed by atoms with van der Waals surface area (Å²) in [5.41, 5.74) is 1.78. The van der Waals surface area contributed by atoms with Gasteiger partial charge in [0.15, 0.2) is 0 Å². The summed E-state index contributed by atoms with van der Waals surface area (Å²) in [5.74, 6) is -0.521. The first-order valence-corrected chi connectivity index (χ1v) is 8.09. The summed E-state index contributed by atoms with van der Waals surface area (Å²) in [6.07, 6.45) is 1.73. The number of anilines is 1. The van der Waals surface area contributed by atoms with Crippen molar-refractivity contribution >= 4 is 21.7 Å². The van der Waals surface area contributed by atoms with E-state index in [9.17, 15) is 13.2 Å². The molecule has 2 rings (SSSR count). The molecule has 20 heavy (non-hydrogen) atoms. The van der Waals surface area contributed by atoms with Crippen LogP contribution >= 0.6 is 0 Å². The number of fused-ring (bicyclic) bond motifs is 1. The summed E-state index contributed by atoms with van der Waals surface area (Å²) in [4.78, 5) is 11.7. The molecule has 110 valence electrons. The highest BCUT2D eigenvalue weighted by atomic mass is 32.2. The largest absolute Gasteiger partial charge is 0.460 e. The zero-order valence-corrected chi connectivity index (χ0v) is 12.2. The van der Waals surface area contributed by atoms with Gasteiger partial charge in [-0.1, -0.05) is 0 Å². The molecule has 1 heterocycles. The van der Waals surface area contributed by atoms with Crippen LogP contribution < -0.4 is 4.31 Å². The molecule has 0 bridgehead atoms. The number of aliphatic hydroxyl groups excluding tert-OH is 1. The van der Waals surface area contributed by atoms with E-state index in [1.165, 1.54) is 16.6 Å². The third kappa shape index (κ3) is 2.78. The molecule has 6 nitrogen and oxygen atoms in total. The highest BCUT2D eigenvalue weighted by Crippen LogP contribution is 2.34. The summed E-state index contributed by atoms with van der Waals surface area (Å²) < 4.78 is 29.8. The van der Waals surface area contributed by atoms with Crippen LogP contribution in [0.2, 0.25) is 0 Å². The molecule has 7 heteroatoms. The average Bonchev–Trinajstić information content (AvgIpc) is 2.70. The topological polar surface area (TPSA) is 83.9 Å². The molecule has 1 aromatic carbocycles. The van der Waals surface area contributed by atoms with E-state index >= 15 is 0 Å². The van der Waals surface area contributed by atoms with Gasteiger partial charge in [-0.2, -0.15) is 0 Å². The van der Waals surface area contributed by atoms with Gasteiger partial charge < -0.3 is 9.84 Å². The molecule has 1 aliphatic rings. The summed E-state index contributed by atoms with van der Waals surface area (Å²) in [6, 6.07) is 4.64. The molecule has 0 saturated carbocycles. The molecule has 1 atom stereocenters. The molecule has 1 aromatic rings. The number of ether oxygens (including phenoxy) is 1. The first-order chi connectivity index (χ1) is 9.34. The predicted molar refractivity (Wildman–Crippen MR) is 74.3 cm³/mol. The fourth-order valence-electron chi connectivity index (χ4n) is 2.46. The van der Waals surface area contributed by atoms with Gasteiger partial charge in [0.25, 0.3) is 0 Å². The second kappa shape index (κ2) is 5.41. The molecule has 0 unspecified atom stereocenters. The van der Waals surface area contributed by atoms with Crippen LogP contribution in [0.4, 0.5) is 5.69 Å². The van der Waals surface area contributed by atoms with Crippen molar-refractivity contribution in [3.05, 3.63) is 29.3 Å². The number of benzene rings is 1. The highest BCUT2D eigenvalue weighted by molar-refractivity contribution is 7.92. The normalized spacial score (nSPS) is 17.9. The van der Waals surface area contributed by atoms with Crippen LogP contribution in [0.3, 0.4) is 0 Å². The van der Waals surface area contributed by atoms with Crippen LogP contribution in [-0.4, -0.2) is 45.0 Å². The molecule has 0 saturated heterocycles. The van der Waals surface area contributed by atoms with Crippen molar-refractivity contribution in [2.24, 2.45) is 0 Å². The Labute approximate surface area is 118 Å². The Hall–Kier alpha value is -1.60. The lowest BCUT2D eigenvalue weighted by Crippen LogP contribution is -2.34. The van der Waals surface area contributed by atoms with Gasteiger partial charge in [0.2, 0.25) is 10.0 Å². The van der Waals surface area contributed by atoms with E-state index < -0.39 is 16.0 Å². The second-order valence-electron chi connectivity index (χ2n) is 4.81. The lowest BCUT2D eigenvalue weighted by atomic mass is 10.1. The van der Waals surface area contributed by atoms with Crippen LogP contribution in [0.25, 0.3) is 0 Å². The fraction of sp³-hybridized carbons (Fsp3) is 0.462. The number of aliphatic hydroxyl groups is 1. The van der Waals surface area contributed by atoms with E-state index in [0.717, 1.165) is 5.56 Å². The number of carbonyl (C=O) groups excluding carboxylic acids is 1. The number of esters is 1. The predicted octanol–water partition coefficient (Wildman–Crippen LogP) is 0.546. The molecule has 0 fully saturated rings. The van der Waals surface area contributed by atoms with Crippen molar-refractivity contribution in [1.29, 1.82) is 0 Å². The van der Waals surface area contributed by atoms with Gasteiger partial charge in [-0.15, -0.1) is 0 Å². The monoisotopic (exact) mass is 299 g/mol. The van der Waals surface area contributed by atoms with Crippen LogP contribution in [0.5, 0.6) is 0 Å². The van der Waals surface area contributed by atoms with Crippen molar-refractivity contribution in [3.8, 4) is 0 Å². The minimum atomic E-state index is -3.33. The summed E-state index contributed by atoms with van der Waals surface area (Å²) in [6.45, 7) is 1.54. The number of rotatable bonds is 4. The number of carbonyl (C=O) groups is 1. The summed E-state index contributed by atoms with van der Waals surface area (Å²) in [7, 11) is -3.33. The minimum Gasteiger partial charge on any atom is -0.460 e. The van der Waals surface area contributed by atoms with E-state index in [-0.39, 0.29) is 19.3 Å². The van der Waals surface area contributed by atoms with Gasteiger partial charge in [-0.3, -0.25) is 4.31 Å². The van der Waals surface area contributed by atoms with Crippen LogP contribution in [0.1, 0.15) is 22.8 Å². The van der Waals surface area contributed by atoms with Crippen LogP contribution in [0.15, 0.2) is 18.2 Å². The van der Waals surface area contributed by atoms with Gasteiger partial charge in [0, 0.05) is 6.04 Å². The number of hydrogen-bond acceptors (Lipinski definition) is 5. The van der Waals surface area contributed by atoms with E-state index in [4.69, 9.17) is 9.84 Å². The van der Waals surface area contributed by atoms with E-state index in [0.29, 0.717) is 17.7 Å². The Morgan fingerprint density at radius 3 is 2.80 bits per heavy atom. The highest BCUT2D eigenvalue weighted by Gasteiger charge is 2.32. The second-order valence-corrected chi connectivity index (χ2v) is 6.67. The summed E-state index contributed by atoms with van der Waals surface area (Å²) in [5, 5.41) is 8.63. The van der Waals surface area contributed by atoms with Gasteiger partial charge in [-0.05, 0) is 37.1 Å². The molecular weight excluding hydrogens is 282 g/mol. The lowest BCUT2D eigenvalue weighted by Gasteiger charge is -2.21. The Morgan fingerprint density at radius 2 is 2.20 bits per heavy atom. The maximum Gasteiger partial charge on any atom is 0.338 e. The molecule has 1 aliphatic heterocycles. The molecule has 0 amide bonds. The SMILES string of the molecule is C[C@@H]1Cc2cc(C(=O)OCCO)ccc2N1S(C)(=O)=O. The van der Waals surface area contributed by atoms with Crippen molar-refractivity contribution in [2.75, 3.05) is 23.8 Å². The fourth-order valence-corrected chi connectivity index (χ4v) is 3.72. The van der Waals surface area contributed by atoms with E-state index in [1.807, 2.05) is 6.92 Å². The number of nitrogens with zero attached hydrogens (tertiary/aromatic N) is 1. The zero-order chi connectivity index (χ0) is 14.9. The van der Waals surface area contributed by atoms with Crippen molar-refractivity contribution < 1.29 is 23.1 Å². The molecule has 0 aromatic heterocycles. The van der Waals surface area contributed by atoms with Gasteiger partial charge in [-0.25, -0.2) is 13.2 Å². The van der Waals surface area contributed by atoms with Gasteiger partial charge >= 0.3 is 5.97 Å². The smallest absolute Gasteiger partial charge is 0.338 e. The zero-order valence-electron chi connectivity index (χ0n) is 11.4. The maximum atomic E-state index is 11.8. The maximum absolute atomic E-state index is 11.8. The van der Waals surface area contributed by atoms with Gasteiger partial charge in [0.05, 0.1) is 24.1 Å². The molecular formula is C13H17NO5S. The Morgan fingerprint density at radius 1 is 1.50 bits per heavy atom. The molecule has 1 N–H and O–H groups in total. The Bertz CT molecular complexity index is 626. The van der Waals surface area contributed by atoms with E-state index in [2.05, 4.69) is 0 Å². The third-order valence-electron chi connectivity index (χ3n) is 3.15.